The zero-order chi connectivity index (χ0) is 55.6. The molecule has 25 nitrogen and oxygen atoms in total. The molecule has 2 saturated heterocycles. The number of benzene rings is 1. The minimum absolute atomic E-state index is 0.0389. The molecule has 1 aromatic carbocycles. The second-order valence-corrected chi connectivity index (χ2v) is 29.1. The maximum atomic E-state index is 16.9. The van der Waals surface area contributed by atoms with Crippen molar-refractivity contribution in [2.75, 3.05) is 41.5 Å². The van der Waals surface area contributed by atoms with Gasteiger partial charge in [0.15, 0.2) is 38.1 Å². The summed E-state index contributed by atoms with van der Waals surface area (Å²) < 4.78 is 90.1. The Kier molecular flexibility index (Phi) is 20.9. The van der Waals surface area contributed by atoms with Gasteiger partial charge in [0.2, 0.25) is 11.9 Å². The molecule has 6 rings (SSSR count). The highest BCUT2D eigenvalue weighted by Crippen LogP contribution is 2.57. The Morgan fingerprint density at radius 2 is 1.53 bits per heavy atom. The number of rotatable bonds is 25. The number of alkyl halides is 2. The Bertz CT molecular complexity index is 3030. The molecule has 5 heterocycles. The molecule has 0 radical (unpaired) electrons. The van der Waals surface area contributed by atoms with Crippen molar-refractivity contribution in [3.8, 4) is 18.2 Å². The van der Waals surface area contributed by atoms with E-state index in [-0.39, 0.29) is 59.8 Å². The van der Waals surface area contributed by atoms with Crippen molar-refractivity contribution in [2.24, 2.45) is 5.92 Å². The summed E-state index contributed by atoms with van der Waals surface area (Å²) in [7, 11) is -7.98. The Hall–Kier alpha value is -4.74. The molecule has 31 heteroatoms. The number of nitrogens with one attached hydrogen (secondary N) is 3. The first-order chi connectivity index (χ1) is 36.0. The molecule has 410 valence electrons. The molecule has 1 unspecified atom stereocenters. The molecule has 4 aromatic rings. The zero-order valence-corrected chi connectivity index (χ0v) is 48.1. The Morgan fingerprint density at radius 1 is 0.895 bits per heavy atom. The lowest BCUT2D eigenvalue weighted by molar-refractivity contribution is -0.118. The third kappa shape index (κ3) is 14.9. The van der Waals surface area contributed by atoms with Crippen molar-refractivity contribution in [3.63, 3.8) is 0 Å². The molecule has 0 saturated carbocycles. The van der Waals surface area contributed by atoms with Crippen LogP contribution in [0, 0.1) is 39.9 Å². The van der Waals surface area contributed by atoms with Gasteiger partial charge >= 0.3 is 20.2 Å². The SMILES string of the molecule is CC(C)C(=O)Nc1nc2c(ncn2[C@@H]2O[C@H](COP(=O)(OCCC#N)O[C@H]3[C@@H](F)[C@H](n4ccc(NC(=O)c5ccccc5)nc4=O)O[C@@H]3CI)[C@@H](O[Si](C)(C)C(C)(C)C)[C@H]2OP(=S)(OCCC#N)OCCC#N)c(=O)[nH]1. The van der Waals surface area contributed by atoms with Gasteiger partial charge in [-0.25, -0.2) is 18.7 Å². The van der Waals surface area contributed by atoms with E-state index in [0.29, 0.717) is 5.56 Å². The summed E-state index contributed by atoms with van der Waals surface area (Å²) in [5.74, 6) is -1.85. The molecule has 3 aromatic heterocycles. The number of carbonyl (C=O) groups excluding carboxylic acids is 2. The number of halogens is 2. The number of hydrogen-bond acceptors (Lipinski definition) is 21. The first-order valence-corrected chi connectivity index (χ1v) is 32.1. The van der Waals surface area contributed by atoms with E-state index in [2.05, 4.69) is 30.6 Å². The summed E-state index contributed by atoms with van der Waals surface area (Å²) in [5, 5.41) is 32.8. The molecular formula is C45H57FIN11O14P2SSi. The summed E-state index contributed by atoms with van der Waals surface area (Å²) in [5.41, 5.74) is -1.72. The molecule has 0 bridgehead atoms. The quantitative estimate of drug-likeness (QED) is 0.0196. The van der Waals surface area contributed by atoms with Crippen LogP contribution in [0.3, 0.4) is 0 Å². The van der Waals surface area contributed by atoms with Crippen molar-refractivity contribution in [3.05, 3.63) is 75.3 Å². The Morgan fingerprint density at radius 3 is 2.12 bits per heavy atom. The van der Waals surface area contributed by atoms with E-state index >= 15 is 4.39 Å². The number of H-pyrrole nitrogens is 1. The van der Waals surface area contributed by atoms with Crippen LogP contribution in [0.1, 0.15) is 76.7 Å². The number of nitriles is 3. The van der Waals surface area contributed by atoms with Gasteiger partial charge in [0.1, 0.15) is 30.2 Å². The molecule has 2 aliphatic heterocycles. The van der Waals surface area contributed by atoms with Gasteiger partial charge in [0.05, 0.1) is 76.3 Å². The fourth-order valence-electron chi connectivity index (χ4n) is 7.16. The Balaban J connectivity index is 1.38. The molecule has 0 spiro atoms. The number of ether oxygens (including phenoxy) is 2. The molecule has 2 amide bonds. The molecule has 3 N–H and O–H groups in total. The van der Waals surface area contributed by atoms with E-state index in [1.165, 1.54) is 23.2 Å². The molecule has 9 atom stereocenters. The average Bonchev–Trinajstić information content (AvgIpc) is 4.03. The predicted octanol–water partition coefficient (Wildman–Crippen LogP) is 7.09. The van der Waals surface area contributed by atoms with Gasteiger partial charge in [0.25, 0.3) is 11.5 Å². The third-order valence-electron chi connectivity index (χ3n) is 12.1. The van der Waals surface area contributed by atoms with E-state index < -0.39 is 119 Å². The molecule has 0 aliphatic carbocycles. The maximum Gasteiger partial charge on any atom is 0.475 e. The lowest BCUT2D eigenvalue weighted by Crippen LogP contribution is -2.50. The largest absolute Gasteiger partial charge is 0.475 e. The van der Waals surface area contributed by atoms with Crippen LogP contribution >= 0.6 is 37.1 Å². The van der Waals surface area contributed by atoms with E-state index in [4.69, 9.17) is 52.8 Å². The van der Waals surface area contributed by atoms with Crippen LogP contribution in [0.4, 0.5) is 16.2 Å². The van der Waals surface area contributed by atoms with Crippen LogP contribution in [0.5, 0.6) is 0 Å². The highest BCUT2D eigenvalue weighted by molar-refractivity contribution is 14.1. The summed E-state index contributed by atoms with van der Waals surface area (Å²) in [6, 6.07) is 15.3. The summed E-state index contributed by atoms with van der Waals surface area (Å²) in [4.78, 5) is 67.6. The highest BCUT2D eigenvalue weighted by atomic mass is 127. The standard InChI is InChI=1S/C45H57FIN11O14P2SSi/c1-27(2)38(59)55-43-54-37-33(40(61)56-43)51-26-58(37)42-36(71-74(75,65-22-12-18-49)66-23-13-19-50)35(72-76(6,7)45(3,4)5)30(69-42)25-67-73(63,64-21-11-17-48)70-34-29(24-47)68-41(32(34)46)57-20-16-31(53-44(57)62)52-39(60)28-14-9-8-10-15-28/h8-10,14-16,20,26-27,29-30,32,34-36,41-42H,11-13,21-25H2,1-7H3,(H,52,53,60,62)(H2,54,55,56,59,61)/t29-,30-,32-,34-,35-,36-,41-,42-,73?/m1/s1. The van der Waals surface area contributed by atoms with Crippen molar-refractivity contribution in [1.29, 1.82) is 15.8 Å². The highest BCUT2D eigenvalue weighted by Gasteiger charge is 2.56. The van der Waals surface area contributed by atoms with Gasteiger partial charge in [0, 0.05) is 22.1 Å². The first kappa shape index (κ1) is 60.5. The van der Waals surface area contributed by atoms with Gasteiger partial charge in [-0.3, -0.25) is 51.9 Å². The molecule has 76 heavy (non-hydrogen) atoms. The van der Waals surface area contributed by atoms with Crippen molar-refractivity contribution < 1.29 is 59.6 Å². The van der Waals surface area contributed by atoms with E-state index in [1.54, 1.807) is 44.2 Å². The van der Waals surface area contributed by atoms with E-state index in [1.807, 2.05) is 74.7 Å². The third-order valence-corrected chi connectivity index (χ3v) is 21.3. The number of phosphoric acid groups is 1. The van der Waals surface area contributed by atoms with Gasteiger partial charge in [-0.15, -0.1) is 0 Å². The normalized spacial score (nSPS) is 22.7. The van der Waals surface area contributed by atoms with Gasteiger partial charge in [-0.05, 0) is 48.1 Å². The number of phosphoric ester groups is 1. The second-order valence-electron chi connectivity index (χ2n) is 18.8. The monoisotopic (exact) mass is 1240 g/mol. The van der Waals surface area contributed by atoms with Gasteiger partial charge in [-0.2, -0.15) is 25.8 Å². The van der Waals surface area contributed by atoms with E-state index in [9.17, 15) is 39.5 Å². The van der Waals surface area contributed by atoms with Crippen molar-refractivity contribution in [2.45, 2.75) is 121 Å². The number of aromatic amines is 1. The number of fused-ring (bicyclic) bond motifs is 1. The number of aromatic nitrogens is 6. The number of hydrogen-bond donors (Lipinski definition) is 3. The summed E-state index contributed by atoms with van der Waals surface area (Å²) in [6.45, 7) is 7.30. The fourth-order valence-corrected chi connectivity index (χ4v) is 12.7. The van der Waals surface area contributed by atoms with Crippen molar-refractivity contribution >= 4 is 92.0 Å². The molecule has 2 fully saturated rings. The molecular weight excluding hydrogens is 1190 g/mol. The van der Waals surface area contributed by atoms with Crippen LogP contribution in [-0.4, -0.2) is 117 Å². The minimum Gasteiger partial charge on any atom is -0.408 e. The number of nitrogens with zero attached hydrogens (tertiary/aromatic N) is 8. The zero-order valence-electron chi connectivity index (χ0n) is 42.3. The fraction of sp³-hybridized carbons (Fsp3) is 0.556. The first-order valence-electron chi connectivity index (χ1n) is 23.7. The topological polar surface area (TPSA) is 328 Å². The van der Waals surface area contributed by atoms with Crippen LogP contribution in [0.2, 0.25) is 18.1 Å². The number of amides is 2. The van der Waals surface area contributed by atoms with Crippen LogP contribution in [0.25, 0.3) is 11.2 Å². The van der Waals surface area contributed by atoms with Gasteiger partial charge in [-0.1, -0.05) is 75.4 Å². The van der Waals surface area contributed by atoms with Gasteiger partial charge < -0.3 is 28.3 Å². The number of anilines is 2. The van der Waals surface area contributed by atoms with Crippen LogP contribution in [0.15, 0.2) is 58.5 Å². The average molecular weight is 1240 g/mol. The smallest absolute Gasteiger partial charge is 0.408 e. The van der Waals surface area contributed by atoms with Crippen LogP contribution < -0.4 is 21.9 Å². The maximum absolute atomic E-state index is 16.9. The number of carbonyl (C=O) groups is 2. The lowest BCUT2D eigenvalue weighted by atomic mass is 10.1. The predicted molar refractivity (Wildman–Crippen MR) is 284 cm³/mol. The van der Waals surface area contributed by atoms with Crippen molar-refractivity contribution in [1.82, 2.24) is 29.1 Å². The van der Waals surface area contributed by atoms with E-state index in [0.717, 1.165) is 4.57 Å². The summed E-state index contributed by atoms with van der Waals surface area (Å²) in [6.07, 6.45) is -10.4. The lowest BCUT2D eigenvalue weighted by Gasteiger charge is -2.41. The number of imidazole rings is 1. The minimum atomic E-state index is -5.01. The second kappa shape index (κ2) is 26.3. The van der Waals surface area contributed by atoms with Crippen LogP contribution in [-0.2, 0) is 62.2 Å². The molecule has 2 aliphatic rings. The Labute approximate surface area is 456 Å². The summed E-state index contributed by atoms with van der Waals surface area (Å²) >= 11 is 7.80.